The molecule has 1 fully saturated rings. The SMILES string of the molecule is O=S(=O)(Nc1ccc(F)c(S(=O)(=O)N2CCOCC2)c1)c1ccccc1C(F)(F)F. The largest absolute Gasteiger partial charge is 0.417 e. The first-order chi connectivity index (χ1) is 13.9. The molecule has 0 aliphatic carbocycles. The molecule has 7 nitrogen and oxygen atoms in total. The summed E-state index contributed by atoms with van der Waals surface area (Å²) in [5.41, 5.74) is -1.79. The molecule has 1 N–H and O–H groups in total. The van der Waals surface area contributed by atoms with Crippen molar-refractivity contribution >= 4 is 25.7 Å². The molecule has 0 atom stereocenters. The van der Waals surface area contributed by atoms with Gasteiger partial charge >= 0.3 is 6.18 Å². The number of sulfonamides is 2. The van der Waals surface area contributed by atoms with Crippen LogP contribution in [0.3, 0.4) is 0 Å². The lowest BCUT2D eigenvalue weighted by atomic mass is 10.2. The number of ether oxygens (including phenoxy) is 1. The van der Waals surface area contributed by atoms with Crippen LogP contribution in [0.15, 0.2) is 52.3 Å². The first kappa shape index (κ1) is 22.5. The maximum Gasteiger partial charge on any atom is 0.417 e. The van der Waals surface area contributed by atoms with Crippen LogP contribution in [0, 0.1) is 5.82 Å². The molecule has 0 radical (unpaired) electrons. The van der Waals surface area contributed by atoms with Gasteiger partial charge in [0.05, 0.1) is 29.4 Å². The molecular weight excluding hydrogens is 452 g/mol. The minimum atomic E-state index is -4.93. The number of hydrogen-bond donors (Lipinski definition) is 1. The van der Waals surface area contributed by atoms with Crippen molar-refractivity contribution < 1.29 is 39.1 Å². The van der Waals surface area contributed by atoms with Gasteiger partial charge in [-0.15, -0.1) is 0 Å². The highest BCUT2D eigenvalue weighted by molar-refractivity contribution is 7.92. The van der Waals surface area contributed by atoms with Gasteiger partial charge in [0.2, 0.25) is 10.0 Å². The summed E-state index contributed by atoms with van der Waals surface area (Å²) < 4.78 is 112. The minimum Gasteiger partial charge on any atom is -0.379 e. The van der Waals surface area contributed by atoms with Crippen LogP contribution < -0.4 is 4.72 Å². The van der Waals surface area contributed by atoms with Crippen LogP contribution in [0.2, 0.25) is 0 Å². The zero-order valence-electron chi connectivity index (χ0n) is 15.2. The number of rotatable bonds is 5. The highest BCUT2D eigenvalue weighted by atomic mass is 32.2. The third-order valence-corrected chi connectivity index (χ3v) is 7.61. The minimum absolute atomic E-state index is 0.0172. The lowest BCUT2D eigenvalue weighted by molar-refractivity contribution is -0.139. The van der Waals surface area contributed by atoms with Gasteiger partial charge in [0.25, 0.3) is 10.0 Å². The Morgan fingerprint density at radius 2 is 1.57 bits per heavy atom. The highest BCUT2D eigenvalue weighted by Crippen LogP contribution is 2.35. The van der Waals surface area contributed by atoms with Gasteiger partial charge in [-0.3, -0.25) is 4.72 Å². The summed E-state index contributed by atoms with van der Waals surface area (Å²) in [6.45, 7) is 0.191. The summed E-state index contributed by atoms with van der Waals surface area (Å²) in [4.78, 5) is -1.84. The van der Waals surface area contributed by atoms with Gasteiger partial charge in [-0.2, -0.15) is 17.5 Å². The molecule has 1 saturated heterocycles. The summed E-state index contributed by atoms with van der Waals surface area (Å²) in [5, 5.41) is 0. The Kier molecular flexibility index (Phi) is 6.09. The molecule has 30 heavy (non-hydrogen) atoms. The molecule has 0 aromatic heterocycles. The molecule has 0 bridgehead atoms. The van der Waals surface area contributed by atoms with Gasteiger partial charge in [0, 0.05) is 13.1 Å². The van der Waals surface area contributed by atoms with E-state index in [1.165, 1.54) is 0 Å². The van der Waals surface area contributed by atoms with E-state index >= 15 is 0 Å². The Hall–Kier alpha value is -2.22. The first-order valence-corrected chi connectivity index (χ1v) is 11.4. The van der Waals surface area contributed by atoms with E-state index in [1.54, 1.807) is 0 Å². The van der Waals surface area contributed by atoms with Crippen molar-refractivity contribution in [3.8, 4) is 0 Å². The molecule has 2 aromatic carbocycles. The summed E-state index contributed by atoms with van der Waals surface area (Å²) in [7, 11) is -9.05. The maximum atomic E-state index is 14.2. The van der Waals surface area contributed by atoms with E-state index in [0.717, 1.165) is 40.7 Å². The van der Waals surface area contributed by atoms with E-state index in [2.05, 4.69) is 0 Å². The molecule has 1 aliphatic rings. The average Bonchev–Trinajstić information content (AvgIpc) is 2.69. The van der Waals surface area contributed by atoms with Crippen LogP contribution in [0.5, 0.6) is 0 Å². The maximum absolute atomic E-state index is 14.2. The Bertz CT molecular complexity index is 1140. The summed E-state index contributed by atoms with van der Waals surface area (Å²) in [6, 6.07) is 5.89. The van der Waals surface area contributed by atoms with E-state index in [4.69, 9.17) is 4.74 Å². The molecule has 0 unspecified atom stereocenters. The van der Waals surface area contributed by atoms with Gasteiger partial charge in [-0.1, -0.05) is 12.1 Å². The van der Waals surface area contributed by atoms with E-state index in [0.29, 0.717) is 6.07 Å². The van der Waals surface area contributed by atoms with Crippen molar-refractivity contribution in [1.29, 1.82) is 0 Å². The van der Waals surface area contributed by atoms with Gasteiger partial charge in [0.1, 0.15) is 10.7 Å². The van der Waals surface area contributed by atoms with Crippen molar-refractivity contribution in [3.05, 3.63) is 53.8 Å². The van der Waals surface area contributed by atoms with E-state index in [9.17, 15) is 34.4 Å². The molecule has 2 aromatic rings. The number of nitrogens with zero attached hydrogens (tertiary/aromatic N) is 1. The van der Waals surface area contributed by atoms with E-state index in [1.807, 2.05) is 4.72 Å². The van der Waals surface area contributed by atoms with Crippen LogP contribution in [-0.2, 0) is 31.0 Å². The summed E-state index contributed by atoms with van der Waals surface area (Å²) in [6.07, 6.45) is -4.93. The van der Waals surface area contributed by atoms with Gasteiger partial charge in [-0.05, 0) is 30.3 Å². The van der Waals surface area contributed by atoms with Crippen LogP contribution >= 0.6 is 0 Å². The number of anilines is 1. The molecule has 1 aliphatic heterocycles. The van der Waals surface area contributed by atoms with E-state index in [-0.39, 0.29) is 26.3 Å². The molecule has 13 heteroatoms. The van der Waals surface area contributed by atoms with Gasteiger partial charge < -0.3 is 4.74 Å². The number of benzene rings is 2. The third-order valence-electron chi connectivity index (χ3n) is 4.25. The molecule has 0 spiro atoms. The Labute approximate surface area is 170 Å². The van der Waals surface area contributed by atoms with E-state index < -0.39 is 53.1 Å². The van der Waals surface area contributed by atoms with Crippen LogP contribution in [-0.4, -0.2) is 47.4 Å². The fourth-order valence-corrected chi connectivity index (χ4v) is 5.61. The number of nitrogens with one attached hydrogen (secondary N) is 1. The zero-order chi connectivity index (χ0) is 22.2. The summed E-state index contributed by atoms with van der Waals surface area (Å²) >= 11 is 0. The third kappa shape index (κ3) is 4.58. The first-order valence-electron chi connectivity index (χ1n) is 8.49. The molecule has 0 saturated carbocycles. The quantitative estimate of drug-likeness (QED) is 0.682. The lowest BCUT2D eigenvalue weighted by Gasteiger charge is -2.26. The highest BCUT2D eigenvalue weighted by Gasteiger charge is 2.37. The lowest BCUT2D eigenvalue weighted by Crippen LogP contribution is -2.40. The standard InChI is InChI=1S/C17H16F4N2O5S2/c18-14-6-5-12(11-16(14)30(26,27)23-7-9-28-10-8-23)22-29(24,25)15-4-2-1-3-13(15)17(19,20)21/h1-6,11,22H,7-10H2. The predicted octanol–water partition coefficient (Wildman–Crippen LogP) is 2.67. The fourth-order valence-electron chi connectivity index (χ4n) is 2.84. The predicted molar refractivity (Wildman–Crippen MR) is 98.2 cm³/mol. The van der Waals surface area contributed by atoms with Crippen molar-refractivity contribution in [2.24, 2.45) is 0 Å². The molecule has 0 amide bonds. The van der Waals surface area contributed by atoms with Crippen molar-refractivity contribution in [3.63, 3.8) is 0 Å². The molecular formula is C17H16F4N2O5S2. The second-order valence-corrected chi connectivity index (χ2v) is 9.82. The topological polar surface area (TPSA) is 92.8 Å². The second-order valence-electron chi connectivity index (χ2n) is 6.26. The smallest absolute Gasteiger partial charge is 0.379 e. The Morgan fingerprint density at radius 1 is 0.933 bits per heavy atom. The van der Waals surface area contributed by atoms with Crippen molar-refractivity contribution in [2.45, 2.75) is 16.0 Å². The van der Waals surface area contributed by atoms with Crippen LogP contribution in [0.1, 0.15) is 5.56 Å². The Balaban J connectivity index is 1.98. The zero-order valence-corrected chi connectivity index (χ0v) is 16.8. The van der Waals surface area contributed by atoms with Gasteiger partial charge in [-0.25, -0.2) is 21.2 Å². The average molecular weight is 468 g/mol. The number of hydrogen-bond acceptors (Lipinski definition) is 5. The molecule has 164 valence electrons. The van der Waals surface area contributed by atoms with Crippen LogP contribution in [0.25, 0.3) is 0 Å². The van der Waals surface area contributed by atoms with Gasteiger partial charge in [0.15, 0.2) is 0 Å². The number of alkyl halides is 3. The monoisotopic (exact) mass is 468 g/mol. The Morgan fingerprint density at radius 3 is 2.20 bits per heavy atom. The number of halogens is 4. The number of morpholine rings is 1. The fraction of sp³-hybridized carbons (Fsp3) is 0.294. The van der Waals surface area contributed by atoms with Crippen LogP contribution in [0.4, 0.5) is 23.2 Å². The second kappa shape index (κ2) is 8.13. The normalized spacial score (nSPS) is 16.4. The van der Waals surface area contributed by atoms with Crippen molar-refractivity contribution in [1.82, 2.24) is 4.31 Å². The summed E-state index contributed by atoms with van der Waals surface area (Å²) in [5.74, 6) is -1.12. The molecule has 3 rings (SSSR count). The van der Waals surface area contributed by atoms with Crippen molar-refractivity contribution in [2.75, 3.05) is 31.0 Å². The molecule has 1 heterocycles.